The van der Waals surface area contributed by atoms with E-state index in [-0.39, 0.29) is 17.1 Å². The summed E-state index contributed by atoms with van der Waals surface area (Å²) in [5, 5.41) is 0. The molecular weight excluding hydrogens is 209 g/mol. The van der Waals surface area contributed by atoms with Crippen LogP contribution in [0, 0.1) is 0 Å². The summed E-state index contributed by atoms with van der Waals surface area (Å²) in [4.78, 5) is 10.9. The van der Waals surface area contributed by atoms with Gasteiger partial charge in [0.05, 0.1) is 5.56 Å². The summed E-state index contributed by atoms with van der Waals surface area (Å²) in [7, 11) is -3.52. The number of nitrogens with two attached hydrogens (primary N) is 1. The molecule has 1 unspecified atom stereocenters. The van der Waals surface area contributed by atoms with Gasteiger partial charge in [-0.25, -0.2) is 0 Å². The van der Waals surface area contributed by atoms with Crippen LogP contribution in [0.1, 0.15) is 10.4 Å². The van der Waals surface area contributed by atoms with Crippen molar-refractivity contribution in [1.29, 1.82) is 0 Å². The highest BCUT2D eigenvalue weighted by Gasteiger charge is 2.51. The van der Waals surface area contributed by atoms with Crippen LogP contribution in [0.15, 0.2) is 12.1 Å². The molecule has 0 spiro atoms. The third kappa shape index (κ3) is 0.761. The van der Waals surface area contributed by atoms with Crippen LogP contribution < -0.4 is 19.3 Å². The molecule has 1 amide bonds. The molecule has 2 aliphatic heterocycles. The Labute approximate surface area is 78.2 Å². The molecule has 0 aromatic heterocycles. The first kappa shape index (κ1) is 7.70. The van der Waals surface area contributed by atoms with E-state index >= 15 is 0 Å². The van der Waals surface area contributed by atoms with Crippen molar-refractivity contribution in [3.05, 3.63) is 17.7 Å². The van der Waals surface area contributed by atoms with Crippen molar-refractivity contribution in [2.45, 2.75) is 0 Å². The van der Waals surface area contributed by atoms with Crippen molar-refractivity contribution in [3.63, 3.8) is 0 Å². The third-order valence-electron chi connectivity index (χ3n) is 1.96. The Balaban J connectivity index is 2.31. The fourth-order valence-corrected chi connectivity index (χ4v) is 2.69. The summed E-state index contributed by atoms with van der Waals surface area (Å²) >= 11 is 0. The molecule has 14 heavy (non-hydrogen) atoms. The molecule has 1 atom stereocenters. The highest BCUT2D eigenvalue weighted by atomic mass is 31.2. The Morgan fingerprint density at radius 1 is 1.21 bits per heavy atom. The average molecular weight is 213 g/mol. The molecule has 3 rings (SSSR count). The van der Waals surface area contributed by atoms with Gasteiger partial charge < -0.3 is 19.3 Å². The van der Waals surface area contributed by atoms with Crippen molar-refractivity contribution in [2.75, 3.05) is 0 Å². The van der Waals surface area contributed by atoms with Gasteiger partial charge in [-0.05, 0) is 12.1 Å². The van der Waals surface area contributed by atoms with E-state index < -0.39 is 13.7 Å². The molecule has 2 heterocycles. The van der Waals surface area contributed by atoms with Crippen LogP contribution in [-0.2, 0) is 4.57 Å². The molecule has 0 saturated heterocycles. The first-order valence-corrected chi connectivity index (χ1v) is 5.21. The Morgan fingerprint density at radius 3 is 2.57 bits per heavy atom. The molecule has 7 heteroatoms. The standard InChI is InChI=1S/C7H4NO5P/c8-7(9)3-1-2-4-6-5(3)12-14(10,11-4)13-6/h1-2H,(H2,8,9). The lowest BCUT2D eigenvalue weighted by Gasteiger charge is -2.10. The quantitative estimate of drug-likeness (QED) is 0.704. The molecule has 1 aromatic rings. The van der Waals surface area contributed by atoms with Crippen LogP contribution in [0.3, 0.4) is 0 Å². The van der Waals surface area contributed by atoms with Gasteiger partial charge in [0.15, 0.2) is 11.5 Å². The van der Waals surface area contributed by atoms with Gasteiger partial charge >= 0.3 is 7.82 Å². The first-order valence-electron chi connectivity index (χ1n) is 3.75. The van der Waals surface area contributed by atoms with Crippen LogP contribution in [-0.4, -0.2) is 5.91 Å². The molecule has 0 radical (unpaired) electrons. The van der Waals surface area contributed by atoms with Crippen molar-refractivity contribution < 1.29 is 22.9 Å². The van der Waals surface area contributed by atoms with Crippen LogP contribution in [0.5, 0.6) is 17.2 Å². The molecule has 72 valence electrons. The summed E-state index contributed by atoms with van der Waals surface area (Å²) in [5.41, 5.74) is 5.23. The fraction of sp³-hybridized carbons (Fsp3) is 0. The highest BCUT2D eigenvalue weighted by Crippen LogP contribution is 2.69. The number of benzene rings is 1. The van der Waals surface area contributed by atoms with Gasteiger partial charge in [0, 0.05) is 0 Å². The Hall–Kier alpha value is -1.68. The number of hydrogen-bond donors (Lipinski definition) is 1. The molecule has 6 nitrogen and oxygen atoms in total. The van der Waals surface area contributed by atoms with Gasteiger partial charge in [-0.1, -0.05) is 0 Å². The van der Waals surface area contributed by atoms with E-state index in [1.54, 1.807) is 0 Å². The number of rotatable bonds is 1. The molecule has 2 bridgehead atoms. The zero-order valence-corrected chi connectivity index (χ0v) is 7.61. The number of amides is 1. The summed E-state index contributed by atoms with van der Waals surface area (Å²) in [6.07, 6.45) is 0. The summed E-state index contributed by atoms with van der Waals surface area (Å²) in [6.45, 7) is 0. The van der Waals surface area contributed by atoms with E-state index in [1.807, 2.05) is 0 Å². The number of fused-ring (bicyclic) bond motifs is 1. The lowest BCUT2D eigenvalue weighted by Crippen LogP contribution is -2.12. The average Bonchev–Trinajstić information content (AvgIpc) is 2.55. The van der Waals surface area contributed by atoms with E-state index in [9.17, 15) is 9.36 Å². The van der Waals surface area contributed by atoms with Crippen LogP contribution in [0.4, 0.5) is 0 Å². The van der Waals surface area contributed by atoms with Crippen molar-refractivity contribution in [3.8, 4) is 17.2 Å². The van der Waals surface area contributed by atoms with Gasteiger partial charge in [-0.15, -0.1) is 0 Å². The second-order valence-electron chi connectivity index (χ2n) is 2.85. The number of carbonyl (C=O) groups excluding carboxylic acids is 1. The monoisotopic (exact) mass is 213 g/mol. The van der Waals surface area contributed by atoms with Crippen molar-refractivity contribution >= 4 is 13.7 Å². The van der Waals surface area contributed by atoms with Crippen LogP contribution >= 0.6 is 7.82 Å². The first-order chi connectivity index (χ1) is 6.59. The minimum atomic E-state index is -3.52. The lowest BCUT2D eigenvalue weighted by atomic mass is 10.1. The van der Waals surface area contributed by atoms with E-state index in [0.29, 0.717) is 5.75 Å². The fourth-order valence-electron chi connectivity index (χ4n) is 1.39. The highest BCUT2D eigenvalue weighted by molar-refractivity contribution is 7.50. The van der Waals surface area contributed by atoms with E-state index in [0.717, 1.165) is 0 Å². The van der Waals surface area contributed by atoms with Crippen LogP contribution in [0.2, 0.25) is 0 Å². The van der Waals surface area contributed by atoms with Gasteiger partial charge in [-0.2, -0.15) is 4.57 Å². The maximum atomic E-state index is 11.5. The van der Waals surface area contributed by atoms with Gasteiger partial charge in [0.1, 0.15) is 0 Å². The third-order valence-corrected chi connectivity index (χ3v) is 3.19. The molecule has 0 aliphatic carbocycles. The SMILES string of the molecule is NC(=O)c1ccc2c3c1OP(=O)(O2)O3. The Bertz CT molecular complexity index is 511. The maximum Gasteiger partial charge on any atom is 0.647 e. The van der Waals surface area contributed by atoms with Gasteiger partial charge in [0.25, 0.3) is 5.91 Å². The number of primary amides is 1. The number of phosphoric acid groups is 1. The molecule has 0 fully saturated rings. The smallest absolute Gasteiger partial charge is 0.382 e. The van der Waals surface area contributed by atoms with E-state index in [4.69, 9.17) is 19.3 Å². The molecule has 2 aliphatic rings. The zero-order chi connectivity index (χ0) is 9.92. The van der Waals surface area contributed by atoms with Crippen LogP contribution in [0.25, 0.3) is 0 Å². The van der Waals surface area contributed by atoms with Gasteiger partial charge in [0.2, 0.25) is 5.75 Å². The summed E-state index contributed by atoms with van der Waals surface area (Å²) in [6, 6.07) is 2.91. The molecule has 1 aromatic carbocycles. The Morgan fingerprint density at radius 2 is 1.93 bits per heavy atom. The molecule has 0 saturated carbocycles. The minimum Gasteiger partial charge on any atom is -0.382 e. The second-order valence-corrected chi connectivity index (χ2v) is 4.30. The largest absolute Gasteiger partial charge is 0.647 e. The summed E-state index contributed by atoms with van der Waals surface area (Å²) < 4.78 is 26.1. The van der Waals surface area contributed by atoms with Crippen molar-refractivity contribution in [2.24, 2.45) is 5.73 Å². The van der Waals surface area contributed by atoms with Crippen molar-refractivity contribution in [1.82, 2.24) is 0 Å². The predicted octanol–water partition coefficient (Wildman–Crippen LogP) is 1.06. The Kier molecular flexibility index (Phi) is 1.12. The predicted molar refractivity (Wildman–Crippen MR) is 44.5 cm³/mol. The second kappa shape index (κ2) is 2.04. The summed E-state index contributed by atoms with van der Waals surface area (Å²) in [5.74, 6) is -0.0273. The molecular formula is C7H4NO5P. The minimum absolute atomic E-state index is 0.115. The lowest BCUT2D eigenvalue weighted by molar-refractivity contribution is 0.0998. The molecule has 2 N–H and O–H groups in total. The number of phosphoric ester groups is 1. The number of hydrogen-bond acceptors (Lipinski definition) is 5. The number of carbonyl (C=O) groups is 1. The van der Waals surface area contributed by atoms with Gasteiger partial charge in [-0.3, -0.25) is 4.79 Å². The zero-order valence-electron chi connectivity index (χ0n) is 6.72. The van der Waals surface area contributed by atoms with E-state index in [2.05, 4.69) is 0 Å². The topological polar surface area (TPSA) is 87.9 Å². The van der Waals surface area contributed by atoms with E-state index in [1.165, 1.54) is 12.1 Å². The maximum absolute atomic E-state index is 11.5. The normalized spacial score (nSPS) is 25.1.